The SMILES string of the molecule is CN(C)C(=O)c1cc(C=NC(N)CC2=CC=C(N(CCCCOCCC(N)=O)CCNC=O)CN2)c(N)n1C1CCCC1. The number of unbranched alkanes of at least 4 members (excludes halogenated alkanes) is 1. The third kappa shape index (κ3) is 10.4. The molecule has 1 aromatic rings. The van der Waals surface area contributed by atoms with E-state index < -0.39 is 6.17 Å². The van der Waals surface area contributed by atoms with E-state index in [1.165, 1.54) is 0 Å². The quantitative estimate of drug-likeness (QED) is 0.0887. The molecule has 0 spiro atoms. The van der Waals surface area contributed by atoms with Gasteiger partial charge in [0.15, 0.2) is 0 Å². The second-order valence-electron chi connectivity index (χ2n) is 11.2. The molecule has 238 valence electrons. The Balaban J connectivity index is 1.59. The molecule has 3 rings (SSSR count). The van der Waals surface area contributed by atoms with E-state index in [1.807, 2.05) is 16.7 Å². The highest BCUT2D eigenvalue weighted by atomic mass is 16.5. The lowest BCUT2D eigenvalue weighted by atomic mass is 10.1. The molecule has 3 amide bonds. The van der Waals surface area contributed by atoms with Crippen LogP contribution in [-0.2, 0) is 14.3 Å². The Morgan fingerprint density at radius 3 is 2.63 bits per heavy atom. The molecule has 13 nitrogen and oxygen atoms in total. The molecular weight excluding hydrogens is 550 g/mol. The summed E-state index contributed by atoms with van der Waals surface area (Å²) in [5, 5.41) is 6.17. The number of nitrogens with one attached hydrogen (secondary N) is 2. The van der Waals surface area contributed by atoms with E-state index in [0.717, 1.165) is 56.5 Å². The van der Waals surface area contributed by atoms with E-state index in [1.54, 1.807) is 25.2 Å². The molecular formula is C30H49N9O4. The van der Waals surface area contributed by atoms with Crippen molar-refractivity contribution < 1.29 is 19.1 Å². The second kappa shape index (κ2) is 17.3. The van der Waals surface area contributed by atoms with E-state index in [9.17, 15) is 14.4 Å². The number of allylic oxidation sites excluding steroid dienone is 2. The molecule has 1 aromatic heterocycles. The third-order valence-electron chi connectivity index (χ3n) is 7.70. The fraction of sp³-hybridized carbons (Fsp3) is 0.600. The first-order chi connectivity index (χ1) is 20.7. The number of carbonyl (C=O) groups is 3. The van der Waals surface area contributed by atoms with Gasteiger partial charge < -0.3 is 46.9 Å². The summed E-state index contributed by atoms with van der Waals surface area (Å²) in [4.78, 5) is 42.8. The Labute approximate surface area is 254 Å². The number of carbonyl (C=O) groups excluding carboxylic acids is 3. The first kappa shape index (κ1) is 33.7. The predicted molar refractivity (Wildman–Crippen MR) is 168 cm³/mol. The van der Waals surface area contributed by atoms with Gasteiger partial charge in [-0.3, -0.25) is 19.4 Å². The molecule has 1 atom stereocenters. The monoisotopic (exact) mass is 599 g/mol. The molecule has 0 radical (unpaired) electrons. The number of dihydropyridines is 1. The van der Waals surface area contributed by atoms with Crippen LogP contribution in [0.25, 0.3) is 0 Å². The van der Waals surface area contributed by atoms with Crippen LogP contribution >= 0.6 is 0 Å². The van der Waals surface area contributed by atoms with Crippen LogP contribution in [0.1, 0.15) is 73.5 Å². The van der Waals surface area contributed by atoms with Crippen molar-refractivity contribution in [2.45, 2.75) is 63.6 Å². The summed E-state index contributed by atoms with van der Waals surface area (Å²) in [6.07, 6.45) is 12.8. The van der Waals surface area contributed by atoms with Crippen LogP contribution in [-0.4, -0.2) is 98.5 Å². The summed E-state index contributed by atoms with van der Waals surface area (Å²) in [6, 6.07) is 2.04. The molecule has 0 bridgehead atoms. The van der Waals surface area contributed by atoms with Crippen LogP contribution in [0.3, 0.4) is 0 Å². The zero-order valence-electron chi connectivity index (χ0n) is 25.6. The lowest BCUT2D eigenvalue weighted by Gasteiger charge is -2.30. The highest BCUT2D eigenvalue weighted by Gasteiger charge is 2.26. The highest BCUT2D eigenvalue weighted by Crippen LogP contribution is 2.35. The van der Waals surface area contributed by atoms with Gasteiger partial charge in [0.1, 0.15) is 17.7 Å². The Kier molecular flexibility index (Phi) is 13.6. The van der Waals surface area contributed by atoms with Gasteiger partial charge in [-0.25, -0.2) is 0 Å². The van der Waals surface area contributed by atoms with E-state index in [0.29, 0.717) is 62.8 Å². The summed E-state index contributed by atoms with van der Waals surface area (Å²) < 4.78 is 7.44. The normalized spacial score (nSPS) is 16.0. The van der Waals surface area contributed by atoms with Crippen molar-refractivity contribution >= 4 is 30.3 Å². The number of ether oxygens (including phenoxy) is 1. The fourth-order valence-corrected chi connectivity index (χ4v) is 5.38. The summed E-state index contributed by atoms with van der Waals surface area (Å²) >= 11 is 0. The predicted octanol–water partition coefficient (Wildman–Crippen LogP) is 1.07. The maximum absolute atomic E-state index is 12.9. The zero-order valence-corrected chi connectivity index (χ0v) is 25.6. The first-order valence-corrected chi connectivity index (χ1v) is 15.1. The van der Waals surface area contributed by atoms with Gasteiger partial charge in [-0.2, -0.15) is 0 Å². The van der Waals surface area contributed by atoms with Crippen molar-refractivity contribution in [1.82, 2.24) is 25.0 Å². The summed E-state index contributed by atoms with van der Waals surface area (Å²) in [6.45, 7) is 3.57. The molecule has 1 aliphatic heterocycles. The molecule has 13 heteroatoms. The molecule has 1 fully saturated rings. The minimum atomic E-state index is -0.488. The third-order valence-corrected chi connectivity index (χ3v) is 7.70. The maximum Gasteiger partial charge on any atom is 0.270 e. The smallest absolute Gasteiger partial charge is 0.270 e. The van der Waals surface area contributed by atoms with Crippen molar-refractivity contribution in [3.8, 4) is 0 Å². The van der Waals surface area contributed by atoms with Gasteiger partial charge in [0, 0.05) is 82.4 Å². The van der Waals surface area contributed by atoms with Crippen LogP contribution < -0.4 is 27.8 Å². The highest BCUT2D eigenvalue weighted by molar-refractivity contribution is 5.98. The number of rotatable bonds is 19. The first-order valence-electron chi connectivity index (χ1n) is 15.1. The Morgan fingerprint density at radius 2 is 1.98 bits per heavy atom. The topological polar surface area (TPSA) is 186 Å². The molecule has 1 saturated carbocycles. The Hall–Kier alpha value is -3.84. The Bertz CT molecular complexity index is 1170. The molecule has 1 aliphatic carbocycles. The van der Waals surface area contributed by atoms with E-state index in [-0.39, 0.29) is 24.3 Å². The van der Waals surface area contributed by atoms with Gasteiger partial charge in [-0.05, 0) is 43.9 Å². The van der Waals surface area contributed by atoms with Crippen molar-refractivity contribution in [3.05, 3.63) is 40.9 Å². The number of hydrogen-bond donors (Lipinski definition) is 5. The average molecular weight is 600 g/mol. The molecule has 2 aliphatic rings. The summed E-state index contributed by atoms with van der Waals surface area (Å²) in [5.74, 6) is 0.111. The number of aromatic nitrogens is 1. The average Bonchev–Trinajstić information content (AvgIpc) is 3.62. The van der Waals surface area contributed by atoms with E-state index in [2.05, 4.69) is 26.6 Å². The summed E-state index contributed by atoms with van der Waals surface area (Å²) in [7, 11) is 3.48. The van der Waals surface area contributed by atoms with Crippen LogP contribution in [0, 0.1) is 0 Å². The van der Waals surface area contributed by atoms with Gasteiger partial charge in [0.05, 0.1) is 13.2 Å². The zero-order chi connectivity index (χ0) is 31.2. The number of primary amides is 1. The number of amides is 3. The molecule has 1 unspecified atom stereocenters. The lowest BCUT2D eigenvalue weighted by molar-refractivity contribution is -0.119. The van der Waals surface area contributed by atoms with E-state index in [4.69, 9.17) is 21.9 Å². The van der Waals surface area contributed by atoms with Gasteiger partial charge >= 0.3 is 0 Å². The summed E-state index contributed by atoms with van der Waals surface area (Å²) in [5.41, 5.74) is 21.4. The van der Waals surface area contributed by atoms with Gasteiger partial charge in [-0.1, -0.05) is 12.8 Å². The number of nitrogens with two attached hydrogens (primary N) is 3. The largest absolute Gasteiger partial charge is 0.385 e. The number of aliphatic imine (C=N–C) groups is 1. The minimum Gasteiger partial charge on any atom is -0.385 e. The van der Waals surface area contributed by atoms with Crippen LogP contribution in [0.15, 0.2) is 34.6 Å². The molecule has 8 N–H and O–H groups in total. The molecule has 43 heavy (non-hydrogen) atoms. The molecule has 2 heterocycles. The molecule has 0 aromatic carbocycles. The number of anilines is 1. The number of hydrogen-bond acceptors (Lipinski definition) is 9. The standard InChI is InChI=1S/C30H49N9O4/c1-37(2)30(42)26-17-22(29(33)39(26)24-7-3-4-8-24)19-36-27(31)18-23-9-10-25(20-35-23)38(14-12-34-21-40)13-5-6-15-43-16-11-28(32)41/h9-10,17,19,21,24,27,35H,3-8,11-16,18,20,31,33H2,1-2H3,(H2,32,41)(H,34,40). The minimum absolute atomic E-state index is 0.0776. The van der Waals surface area contributed by atoms with Crippen LogP contribution in [0.4, 0.5) is 5.82 Å². The van der Waals surface area contributed by atoms with Gasteiger partial charge in [0.2, 0.25) is 12.3 Å². The number of nitrogens with zero attached hydrogens (tertiary/aromatic N) is 4. The second-order valence-corrected chi connectivity index (χ2v) is 11.2. The van der Waals surface area contributed by atoms with Crippen molar-refractivity contribution in [1.29, 1.82) is 0 Å². The Morgan fingerprint density at radius 1 is 1.21 bits per heavy atom. The van der Waals surface area contributed by atoms with Crippen molar-refractivity contribution in [2.75, 3.05) is 59.2 Å². The lowest BCUT2D eigenvalue weighted by Crippen LogP contribution is -2.37. The molecule has 0 saturated heterocycles. The maximum atomic E-state index is 12.9. The fourth-order valence-electron chi connectivity index (χ4n) is 5.38. The van der Waals surface area contributed by atoms with Crippen molar-refractivity contribution in [2.24, 2.45) is 16.5 Å². The van der Waals surface area contributed by atoms with Crippen LogP contribution in [0.5, 0.6) is 0 Å². The van der Waals surface area contributed by atoms with Crippen LogP contribution in [0.2, 0.25) is 0 Å². The van der Waals surface area contributed by atoms with Gasteiger partial charge in [0.25, 0.3) is 5.91 Å². The van der Waals surface area contributed by atoms with E-state index >= 15 is 0 Å². The van der Waals surface area contributed by atoms with Gasteiger partial charge in [-0.15, -0.1) is 0 Å². The number of nitrogen functional groups attached to an aromatic ring is 1. The van der Waals surface area contributed by atoms with Crippen molar-refractivity contribution in [3.63, 3.8) is 0 Å².